The summed E-state index contributed by atoms with van der Waals surface area (Å²) >= 11 is 0. The van der Waals surface area contributed by atoms with E-state index in [0.717, 1.165) is 66.7 Å². The average molecular weight is 872 g/mol. The number of hydrogen-bond donors (Lipinski definition) is 0. The number of benzene rings is 10. The van der Waals surface area contributed by atoms with Gasteiger partial charge in [0.05, 0.1) is 16.6 Å². The number of aromatic nitrogens is 1. The van der Waals surface area contributed by atoms with E-state index in [-0.39, 0.29) is 11.6 Å². The molecule has 0 unspecified atom stereocenters. The first-order valence-electron chi connectivity index (χ1n) is 23.2. The molecule has 5 heteroatoms. The van der Waals surface area contributed by atoms with Crippen LogP contribution in [0.1, 0.15) is 50.7 Å². The van der Waals surface area contributed by atoms with Crippen molar-refractivity contribution < 1.29 is 8.78 Å². The summed E-state index contributed by atoms with van der Waals surface area (Å²) in [6, 6.07) is 68.9. The first kappa shape index (κ1) is 40.5. The van der Waals surface area contributed by atoms with Crippen LogP contribution in [0, 0.1) is 11.6 Å². The standard InChI is InChI=1S/C62H47F2N3/c1-38(2)40-10-20-50(21-11-40)65(52-26-16-48(63)17-27-52)54-24-14-43-32-56-58-34-47(42-8-6-5-7-9-42)35-59-57-33-44-15-25-55(31-46(44)37-61(57)67(62(58)59)60(56)36-45(43)30-54)66(53-28-18-49(64)19-29-53)51-22-12-41(13-23-51)39(3)4/h5-39H,1-4H3. The maximum Gasteiger partial charge on any atom is 0.123 e. The lowest BCUT2D eigenvalue weighted by Gasteiger charge is -2.26. The first-order chi connectivity index (χ1) is 32.6. The number of hydrogen-bond acceptors (Lipinski definition) is 2. The van der Waals surface area contributed by atoms with Crippen LogP contribution in [0.2, 0.25) is 0 Å². The minimum Gasteiger partial charge on any atom is -0.310 e. The summed E-state index contributed by atoms with van der Waals surface area (Å²) in [5.41, 5.74) is 14.1. The van der Waals surface area contributed by atoms with E-state index in [1.807, 2.05) is 24.3 Å². The Morgan fingerprint density at radius 1 is 0.343 bits per heavy atom. The fourth-order valence-electron chi connectivity index (χ4n) is 10.2. The van der Waals surface area contributed by atoms with Crippen molar-refractivity contribution in [1.82, 2.24) is 4.40 Å². The maximum atomic E-state index is 14.3. The molecular formula is C62H47F2N3. The van der Waals surface area contributed by atoms with Crippen LogP contribution in [0.4, 0.5) is 42.9 Å². The van der Waals surface area contributed by atoms with Crippen LogP contribution in [0.5, 0.6) is 0 Å². The minimum atomic E-state index is -0.265. The molecule has 0 N–H and O–H groups in total. The van der Waals surface area contributed by atoms with E-state index >= 15 is 0 Å². The molecule has 0 saturated carbocycles. The van der Waals surface area contributed by atoms with Crippen molar-refractivity contribution in [3.05, 3.63) is 223 Å². The van der Waals surface area contributed by atoms with Crippen molar-refractivity contribution in [1.29, 1.82) is 0 Å². The van der Waals surface area contributed by atoms with Crippen LogP contribution < -0.4 is 9.80 Å². The number of rotatable bonds is 9. The van der Waals surface area contributed by atoms with Gasteiger partial charge in [-0.25, -0.2) is 8.78 Å². The average Bonchev–Trinajstić information content (AvgIpc) is 3.84. The van der Waals surface area contributed by atoms with Gasteiger partial charge in [0, 0.05) is 55.7 Å². The van der Waals surface area contributed by atoms with Crippen LogP contribution >= 0.6 is 0 Å². The Bertz CT molecular complexity index is 3570. The summed E-state index contributed by atoms with van der Waals surface area (Å²) in [6.45, 7) is 8.81. The molecule has 12 rings (SSSR count). The van der Waals surface area contributed by atoms with Crippen molar-refractivity contribution in [2.75, 3.05) is 9.80 Å². The van der Waals surface area contributed by atoms with Gasteiger partial charge in [0.2, 0.25) is 0 Å². The number of nitrogens with zero attached hydrogens (tertiary/aromatic N) is 3. The molecule has 0 saturated heterocycles. The quantitative estimate of drug-likeness (QED) is 0.143. The Kier molecular flexibility index (Phi) is 9.58. The van der Waals surface area contributed by atoms with Crippen LogP contribution in [-0.2, 0) is 0 Å². The van der Waals surface area contributed by atoms with Crippen LogP contribution in [0.25, 0.3) is 70.8 Å². The third kappa shape index (κ3) is 6.93. The van der Waals surface area contributed by atoms with Crippen molar-refractivity contribution >= 4 is 93.8 Å². The lowest BCUT2D eigenvalue weighted by Crippen LogP contribution is -2.10. The van der Waals surface area contributed by atoms with Gasteiger partial charge in [0.15, 0.2) is 0 Å². The number of halogens is 2. The van der Waals surface area contributed by atoms with E-state index in [4.69, 9.17) is 0 Å². The Labute approximate surface area is 388 Å². The fourth-order valence-corrected chi connectivity index (χ4v) is 10.2. The largest absolute Gasteiger partial charge is 0.310 e. The van der Waals surface area contributed by atoms with E-state index in [0.29, 0.717) is 11.8 Å². The van der Waals surface area contributed by atoms with E-state index in [9.17, 15) is 8.78 Å². The molecule has 0 radical (unpaired) electrons. The minimum absolute atomic E-state index is 0.265. The normalized spacial score (nSPS) is 12.0. The zero-order chi connectivity index (χ0) is 45.5. The zero-order valence-corrected chi connectivity index (χ0v) is 37.8. The van der Waals surface area contributed by atoms with Crippen molar-refractivity contribution in [3.8, 4) is 11.1 Å². The maximum absolute atomic E-state index is 14.3. The second-order valence-electron chi connectivity index (χ2n) is 18.5. The molecule has 0 aliphatic rings. The molecule has 2 heterocycles. The van der Waals surface area contributed by atoms with Crippen molar-refractivity contribution in [3.63, 3.8) is 0 Å². The van der Waals surface area contributed by atoms with E-state index in [2.05, 4.69) is 194 Å². The van der Waals surface area contributed by atoms with Gasteiger partial charge in [-0.1, -0.05) is 94.4 Å². The van der Waals surface area contributed by atoms with Crippen molar-refractivity contribution in [2.45, 2.75) is 39.5 Å². The molecule has 0 amide bonds. The second kappa shape index (κ2) is 15.9. The van der Waals surface area contributed by atoms with Crippen molar-refractivity contribution in [2.24, 2.45) is 0 Å². The summed E-state index contributed by atoms with van der Waals surface area (Å²) < 4.78 is 31.1. The van der Waals surface area contributed by atoms with Gasteiger partial charge in [0.25, 0.3) is 0 Å². The Morgan fingerprint density at radius 2 is 0.731 bits per heavy atom. The molecule has 2 aromatic heterocycles. The monoisotopic (exact) mass is 871 g/mol. The lowest BCUT2D eigenvalue weighted by atomic mass is 9.97. The van der Waals surface area contributed by atoms with E-state index < -0.39 is 0 Å². The van der Waals surface area contributed by atoms with Gasteiger partial charge in [-0.15, -0.1) is 0 Å². The molecule has 0 spiro atoms. The van der Waals surface area contributed by atoms with E-state index in [1.54, 1.807) is 0 Å². The first-order valence-corrected chi connectivity index (χ1v) is 23.2. The summed E-state index contributed by atoms with van der Waals surface area (Å²) in [5.74, 6) is 0.283. The number of anilines is 6. The summed E-state index contributed by atoms with van der Waals surface area (Å²) in [4.78, 5) is 4.41. The molecule has 324 valence electrons. The topological polar surface area (TPSA) is 10.9 Å². The molecule has 12 aromatic rings. The Morgan fingerprint density at radius 3 is 1.13 bits per heavy atom. The van der Waals surface area contributed by atoms with Crippen LogP contribution in [0.15, 0.2) is 200 Å². The highest BCUT2D eigenvalue weighted by Gasteiger charge is 2.22. The SMILES string of the molecule is CC(C)c1ccc(N(c2ccc(F)cc2)c2ccc3cc4c5cc(-c6ccccc6)cc6c7cc8ccc(N(c9ccc(F)cc9)c9ccc(C(C)C)cc9)cc8cc7n(c4cc3c2)c56)cc1. The third-order valence-corrected chi connectivity index (χ3v) is 13.7. The molecule has 0 aliphatic carbocycles. The van der Waals surface area contributed by atoms with Crippen LogP contribution in [-0.4, -0.2) is 4.40 Å². The molecule has 0 fully saturated rings. The highest BCUT2D eigenvalue weighted by atomic mass is 19.1. The molecule has 3 nitrogen and oxygen atoms in total. The van der Waals surface area contributed by atoms with Gasteiger partial charge in [0.1, 0.15) is 11.6 Å². The number of fused-ring (bicyclic) bond motifs is 8. The van der Waals surface area contributed by atoms with Gasteiger partial charge < -0.3 is 14.2 Å². The molecule has 10 aromatic carbocycles. The summed E-state index contributed by atoms with van der Waals surface area (Å²) in [5, 5.41) is 9.31. The van der Waals surface area contributed by atoms with Crippen LogP contribution in [0.3, 0.4) is 0 Å². The highest BCUT2D eigenvalue weighted by Crippen LogP contribution is 2.46. The predicted molar refractivity (Wildman–Crippen MR) is 279 cm³/mol. The molecule has 67 heavy (non-hydrogen) atoms. The zero-order valence-electron chi connectivity index (χ0n) is 37.8. The Balaban J connectivity index is 1.08. The molecule has 0 atom stereocenters. The lowest BCUT2D eigenvalue weighted by molar-refractivity contribution is 0.627. The predicted octanol–water partition coefficient (Wildman–Crippen LogP) is 18.3. The fraction of sp³-hybridized carbons (Fsp3) is 0.0968. The van der Waals surface area contributed by atoms with Gasteiger partial charge in [-0.2, -0.15) is 0 Å². The van der Waals surface area contributed by atoms with E-state index in [1.165, 1.54) is 73.6 Å². The molecular weight excluding hydrogens is 825 g/mol. The van der Waals surface area contributed by atoms with Gasteiger partial charge in [-0.3, -0.25) is 0 Å². The smallest absolute Gasteiger partial charge is 0.123 e. The van der Waals surface area contributed by atoms with Gasteiger partial charge in [-0.05, 0) is 189 Å². The second-order valence-corrected chi connectivity index (χ2v) is 18.5. The summed E-state index contributed by atoms with van der Waals surface area (Å²) in [7, 11) is 0. The Hall–Kier alpha value is -8.02. The molecule has 0 aliphatic heterocycles. The van der Waals surface area contributed by atoms with Gasteiger partial charge >= 0.3 is 0 Å². The third-order valence-electron chi connectivity index (χ3n) is 13.7. The molecule has 0 bridgehead atoms. The highest BCUT2D eigenvalue weighted by molar-refractivity contribution is 6.27. The summed E-state index contributed by atoms with van der Waals surface area (Å²) in [6.07, 6.45) is 0.